The highest BCUT2D eigenvalue weighted by molar-refractivity contribution is 7.92. The number of nitrogens with zero attached hydrogens (tertiary/aromatic N) is 2. The fraction of sp³-hybridized carbons (Fsp3) is 0.667. The van der Waals surface area contributed by atoms with E-state index in [0.29, 0.717) is 24.6 Å². The van der Waals surface area contributed by atoms with Crippen LogP contribution in [0.5, 0.6) is 5.88 Å². The van der Waals surface area contributed by atoms with Gasteiger partial charge in [-0.05, 0) is 12.5 Å². The Morgan fingerprint density at radius 2 is 2.13 bits per heavy atom. The molecule has 130 valence electrons. The molecule has 2 rings (SSSR count). The third kappa shape index (κ3) is 6.72. The van der Waals surface area contributed by atoms with Gasteiger partial charge in [-0.2, -0.15) is 0 Å². The van der Waals surface area contributed by atoms with Crippen LogP contribution in [0, 0.1) is 0 Å². The maximum atomic E-state index is 11.8. The maximum absolute atomic E-state index is 11.8. The van der Waals surface area contributed by atoms with Gasteiger partial charge in [0.25, 0.3) is 0 Å². The second-order valence-corrected chi connectivity index (χ2v) is 7.30. The van der Waals surface area contributed by atoms with Gasteiger partial charge in [-0.25, -0.2) is 13.4 Å². The van der Waals surface area contributed by atoms with Crippen molar-refractivity contribution in [2.45, 2.75) is 19.8 Å². The van der Waals surface area contributed by atoms with Crippen molar-refractivity contribution in [2.24, 2.45) is 0 Å². The van der Waals surface area contributed by atoms with E-state index in [9.17, 15) is 8.42 Å². The van der Waals surface area contributed by atoms with E-state index >= 15 is 0 Å². The molecule has 1 aromatic heterocycles. The molecule has 1 N–H and O–H groups in total. The SMILES string of the molecule is CCCCS(=O)(=O)Nc1ccc(OCCN2CCOCC2)nc1. The number of hydrogen-bond donors (Lipinski definition) is 1. The van der Waals surface area contributed by atoms with Crippen molar-refractivity contribution in [3.05, 3.63) is 18.3 Å². The van der Waals surface area contributed by atoms with Crippen LogP contribution in [0.3, 0.4) is 0 Å². The zero-order valence-corrected chi connectivity index (χ0v) is 14.3. The lowest BCUT2D eigenvalue weighted by Gasteiger charge is -2.26. The van der Waals surface area contributed by atoms with Crippen LogP contribution in [0.4, 0.5) is 5.69 Å². The third-order valence-electron chi connectivity index (χ3n) is 3.54. The number of pyridine rings is 1. The average Bonchev–Trinajstić information content (AvgIpc) is 2.55. The lowest BCUT2D eigenvalue weighted by Crippen LogP contribution is -2.38. The summed E-state index contributed by atoms with van der Waals surface area (Å²) in [5.41, 5.74) is 0.460. The molecule has 1 aliphatic heterocycles. The molecule has 0 unspecified atom stereocenters. The molecule has 23 heavy (non-hydrogen) atoms. The van der Waals surface area contributed by atoms with Crippen molar-refractivity contribution in [1.29, 1.82) is 0 Å². The van der Waals surface area contributed by atoms with Crippen molar-refractivity contribution >= 4 is 15.7 Å². The van der Waals surface area contributed by atoms with Crippen LogP contribution in [0.2, 0.25) is 0 Å². The molecule has 1 saturated heterocycles. The molecule has 0 saturated carbocycles. The Bertz CT molecular complexity index is 557. The van der Waals surface area contributed by atoms with Crippen molar-refractivity contribution in [2.75, 3.05) is 49.9 Å². The van der Waals surface area contributed by atoms with Crippen LogP contribution in [-0.4, -0.2) is 63.5 Å². The van der Waals surface area contributed by atoms with Gasteiger partial charge in [0.05, 0.1) is 30.9 Å². The number of hydrogen-bond acceptors (Lipinski definition) is 6. The molecule has 0 radical (unpaired) electrons. The van der Waals surface area contributed by atoms with Gasteiger partial charge >= 0.3 is 0 Å². The summed E-state index contributed by atoms with van der Waals surface area (Å²) >= 11 is 0. The summed E-state index contributed by atoms with van der Waals surface area (Å²) in [4.78, 5) is 6.41. The van der Waals surface area contributed by atoms with Gasteiger partial charge in [-0.3, -0.25) is 9.62 Å². The quantitative estimate of drug-likeness (QED) is 0.729. The van der Waals surface area contributed by atoms with Gasteiger partial charge < -0.3 is 9.47 Å². The molecule has 1 aromatic rings. The number of unbranched alkanes of at least 4 members (excludes halogenated alkanes) is 1. The van der Waals surface area contributed by atoms with Crippen molar-refractivity contribution in [1.82, 2.24) is 9.88 Å². The van der Waals surface area contributed by atoms with Crippen molar-refractivity contribution in [3.8, 4) is 5.88 Å². The number of ether oxygens (including phenoxy) is 2. The van der Waals surface area contributed by atoms with E-state index < -0.39 is 10.0 Å². The largest absolute Gasteiger partial charge is 0.476 e. The predicted octanol–water partition coefficient (Wildman–Crippen LogP) is 1.33. The normalized spacial score (nSPS) is 16.2. The van der Waals surface area contributed by atoms with E-state index in [1.54, 1.807) is 12.1 Å². The number of anilines is 1. The van der Waals surface area contributed by atoms with Gasteiger partial charge in [-0.15, -0.1) is 0 Å². The van der Waals surface area contributed by atoms with Crippen molar-refractivity contribution in [3.63, 3.8) is 0 Å². The first kappa shape index (κ1) is 18.0. The topological polar surface area (TPSA) is 80.8 Å². The highest BCUT2D eigenvalue weighted by Crippen LogP contribution is 2.13. The van der Waals surface area contributed by atoms with Crippen LogP contribution in [-0.2, 0) is 14.8 Å². The van der Waals surface area contributed by atoms with Crippen LogP contribution < -0.4 is 9.46 Å². The molecule has 7 nitrogen and oxygen atoms in total. The molecular formula is C15H25N3O4S. The minimum Gasteiger partial charge on any atom is -0.476 e. The standard InChI is InChI=1S/C15H25N3O4S/c1-2-3-12-23(19,20)17-14-4-5-15(16-13-14)22-11-8-18-6-9-21-10-7-18/h4-5,13,17H,2-3,6-12H2,1H3. The highest BCUT2D eigenvalue weighted by Gasteiger charge is 2.11. The van der Waals surface area contributed by atoms with Crippen LogP contribution in [0.25, 0.3) is 0 Å². The minimum atomic E-state index is -3.29. The third-order valence-corrected chi connectivity index (χ3v) is 4.91. The van der Waals surface area contributed by atoms with E-state index in [-0.39, 0.29) is 5.75 Å². The second kappa shape index (κ2) is 9.05. The van der Waals surface area contributed by atoms with Crippen LogP contribution in [0.1, 0.15) is 19.8 Å². The highest BCUT2D eigenvalue weighted by atomic mass is 32.2. The summed E-state index contributed by atoms with van der Waals surface area (Å²) in [6.07, 6.45) is 2.97. The summed E-state index contributed by atoms with van der Waals surface area (Å²) < 4.78 is 37.0. The van der Waals surface area contributed by atoms with Gasteiger partial charge in [0.1, 0.15) is 6.61 Å². The molecule has 0 atom stereocenters. The lowest BCUT2D eigenvalue weighted by atomic mass is 10.4. The first-order valence-corrected chi connectivity index (χ1v) is 9.64. The monoisotopic (exact) mass is 343 g/mol. The van der Waals surface area contributed by atoms with E-state index in [2.05, 4.69) is 14.6 Å². The first-order chi connectivity index (χ1) is 11.1. The number of rotatable bonds is 9. The molecule has 0 amide bonds. The average molecular weight is 343 g/mol. The molecule has 2 heterocycles. The number of nitrogens with one attached hydrogen (secondary N) is 1. The minimum absolute atomic E-state index is 0.126. The molecule has 0 aromatic carbocycles. The maximum Gasteiger partial charge on any atom is 0.232 e. The van der Waals surface area contributed by atoms with Crippen LogP contribution in [0.15, 0.2) is 18.3 Å². The summed E-state index contributed by atoms with van der Waals surface area (Å²) in [6, 6.07) is 3.34. The van der Waals surface area contributed by atoms with Gasteiger partial charge in [0.2, 0.25) is 15.9 Å². The summed E-state index contributed by atoms with van der Waals surface area (Å²) in [5, 5.41) is 0. The lowest BCUT2D eigenvalue weighted by molar-refractivity contribution is 0.0320. The molecule has 0 aliphatic carbocycles. The Morgan fingerprint density at radius 1 is 1.35 bits per heavy atom. The molecule has 0 spiro atoms. The molecular weight excluding hydrogens is 318 g/mol. The number of aromatic nitrogens is 1. The Hall–Kier alpha value is -1.38. The zero-order valence-electron chi connectivity index (χ0n) is 13.5. The first-order valence-electron chi connectivity index (χ1n) is 7.98. The Labute approximate surface area is 138 Å². The zero-order chi connectivity index (χ0) is 16.5. The van der Waals surface area contributed by atoms with E-state index in [4.69, 9.17) is 9.47 Å². The second-order valence-electron chi connectivity index (χ2n) is 5.46. The number of sulfonamides is 1. The summed E-state index contributed by atoms with van der Waals surface area (Å²) in [7, 11) is -3.29. The van der Waals surface area contributed by atoms with Gasteiger partial charge in [0.15, 0.2) is 0 Å². The van der Waals surface area contributed by atoms with E-state index in [1.807, 2.05) is 6.92 Å². The van der Waals surface area contributed by atoms with Gasteiger partial charge in [0, 0.05) is 25.7 Å². The van der Waals surface area contributed by atoms with Gasteiger partial charge in [-0.1, -0.05) is 13.3 Å². The van der Waals surface area contributed by atoms with E-state index in [0.717, 1.165) is 39.3 Å². The van der Waals surface area contributed by atoms with Crippen molar-refractivity contribution < 1.29 is 17.9 Å². The Kier molecular flexibility index (Phi) is 7.07. The fourth-order valence-electron chi connectivity index (χ4n) is 2.20. The fourth-order valence-corrected chi connectivity index (χ4v) is 3.45. The summed E-state index contributed by atoms with van der Waals surface area (Å²) in [6.45, 7) is 6.73. The molecule has 1 aliphatic rings. The molecule has 8 heteroatoms. The Balaban J connectivity index is 1.75. The molecule has 0 bridgehead atoms. The Morgan fingerprint density at radius 3 is 2.78 bits per heavy atom. The molecule has 1 fully saturated rings. The summed E-state index contributed by atoms with van der Waals surface area (Å²) in [5.74, 6) is 0.621. The number of morpholine rings is 1. The van der Waals surface area contributed by atoms with Crippen LogP contribution >= 0.6 is 0 Å². The smallest absolute Gasteiger partial charge is 0.232 e. The van der Waals surface area contributed by atoms with E-state index in [1.165, 1.54) is 6.20 Å². The predicted molar refractivity (Wildman–Crippen MR) is 89.3 cm³/mol.